The summed E-state index contributed by atoms with van der Waals surface area (Å²) in [6, 6.07) is 5.16. The van der Waals surface area contributed by atoms with Crippen molar-refractivity contribution in [1.29, 1.82) is 0 Å². The number of phenolic OH excluding ortho intramolecular Hbond substituents is 1. The summed E-state index contributed by atoms with van der Waals surface area (Å²) in [5.41, 5.74) is 3.09. The van der Waals surface area contributed by atoms with Crippen LogP contribution < -0.4 is 5.32 Å². The standard InChI is InChI=1S/C23H27N3O2S2/c1-13-5-8-17(27)16(9-13)26-19(28)11-29-21-20-15-7-6-14(23(2,3)4)10-18(15)30-22(20)25-12-24-21/h5,8-9,12,14,27H,6-7,10-11H2,1-4H3,(H,26,28). The van der Waals surface area contributed by atoms with E-state index < -0.39 is 0 Å². The molecule has 0 bridgehead atoms. The Balaban J connectivity index is 1.52. The molecule has 2 heterocycles. The molecule has 1 amide bonds. The van der Waals surface area contributed by atoms with Gasteiger partial charge in [-0.15, -0.1) is 11.3 Å². The summed E-state index contributed by atoms with van der Waals surface area (Å²) in [6.45, 7) is 8.89. The Kier molecular flexibility index (Phi) is 5.77. The number of aryl methyl sites for hydroxylation is 2. The number of amides is 1. The molecule has 5 nitrogen and oxygen atoms in total. The number of anilines is 1. The highest BCUT2D eigenvalue weighted by Crippen LogP contribution is 2.44. The lowest BCUT2D eigenvalue weighted by Crippen LogP contribution is -2.26. The molecule has 30 heavy (non-hydrogen) atoms. The fourth-order valence-electron chi connectivity index (χ4n) is 4.00. The van der Waals surface area contributed by atoms with Gasteiger partial charge in [-0.3, -0.25) is 4.79 Å². The van der Waals surface area contributed by atoms with Crippen molar-refractivity contribution >= 4 is 44.9 Å². The first-order valence-electron chi connectivity index (χ1n) is 10.2. The van der Waals surface area contributed by atoms with E-state index in [4.69, 9.17) is 0 Å². The highest BCUT2D eigenvalue weighted by atomic mass is 32.2. The predicted octanol–water partition coefficient (Wildman–Crippen LogP) is 5.59. The van der Waals surface area contributed by atoms with E-state index in [1.807, 2.05) is 6.92 Å². The van der Waals surface area contributed by atoms with Gasteiger partial charge in [-0.05, 0) is 60.8 Å². The Morgan fingerprint density at radius 1 is 1.33 bits per heavy atom. The van der Waals surface area contributed by atoms with E-state index in [-0.39, 0.29) is 17.4 Å². The summed E-state index contributed by atoms with van der Waals surface area (Å²) < 4.78 is 0. The molecule has 0 spiro atoms. The lowest BCUT2D eigenvalue weighted by Gasteiger charge is -2.33. The number of carbonyl (C=O) groups excluding carboxylic acids is 1. The second kappa shape index (κ2) is 8.19. The van der Waals surface area contributed by atoms with Crippen LogP contribution in [0.1, 0.15) is 43.2 Å². The van der Waals surface area contributed by atoms with Gasteiger partial charge in [-0.1, -0.05) is 38.6 Å². The van der Waals surface area contributed by atoms with E-state index in [0.717, 1.165) is 33.6 Å². The SMILES string of the molecule is Cc1ccc(O)c(NC(=O)CSc2ncnc3sc4c(c23)CCC(C(C)(C)C)C4)c1. The number of fused-ring (bicyclic) bond motifs is 3. The predicted molar refractivity (Wildman–Crippen MR) is 125 cm³/mol. The fourth-order valence-corrected chi connectivity index (χ4v) is 6.16. The zero-order chi connectivity index (χ0) is 21.5. The van der Waals surface area contributed by atoms with Crippen LogP contribution in [0.15, 0.2) is 29.6 Å². The van der Waals surface area contributed by atoms with Crippen LogP contribution in [0.4, 0.5) is 5.69 Å². The van der Waals surface area contributed by atoms with E-state index in [9.17, 15) is 9.90 Å². The van der Waals surface area contributed by atoms with Gasteiger partial charge in [0.25, 0.3) is 0 Å². The Labute approximate surface area is 185 Å². The van der Waals surface area contributed by atoms with Crippen molar-refractivity contribution in [1.82, 2.24) is 9.97 Å². The van der Waals surface area contributed by atoms with Crippen LogP contribution in [-0.4, -0.2) is 26.7 Å². The van der Waals surface area contributed by atoms with Gasteiger partial charge in [0.1, 0.15) is 21.9 Å². The van der Waals surface area contributed by atoms with Crippen LogP contribution in [-0.2, 0) is 17.6 Å². The Morgan fingerprint density at radius 3 is 2.90 bits per heavy atom. The van der Waals surface area contributed by atoms with Crippen molar-refractivity contribution in [3.8, 4) is 5.75 Å². The number of aromatic nitrogens is 2. The van der Waals surface area contributed by atoms with Gasteiger partial charge in [-0.25, -0.2) is 9.97 Å². The molecule has 1 atom stereocenters. The van der Waals surface area contributed by atoms with Gasteiger partial charge in [0.15, 0.2) is 0 Å². The zero-order valence-electron chi connectivity index (χ0n) is 17.8. The van der Waals surface area contributed by atoms with Crippen LogP contribution >= 0.6 is 23.1 Å². The maximum Gasteiger partial charge on any atom is 0.234 e. The highest BCUT2D eigenvalue weighted by molar-refractivity contribution is 8.00. The Morgan fingerprint density at radius 2 is 2.13 bits per heavy atom. The first-order chi connectivity index (χ1) is 14.2. The van der Waals surface area contributed by atoms with Crippen LogP contribution in [0.3, 0.4) is 0 Å². The molecule has 1 unspecified atom stereocenters. The molecule has 158 valence electrons. The van der Waals surface area contributed by atoms with E-state index in [1.54, 1.807) is 35.9 Å². The first kappa shape index (κ1) is 21.1. The van der Waals surface area contributed by atoms with E-state index >= 15 is 0 Å². The highest BCUT2D eigenvalue weighted by Gasteiger charge is 2.31. The third-order valence-corrected chi connectivity index (χ3v) is 7.95. The molecule has 1 aliphatic carbocycles. The van der Waals surface area contributed by atoms with E-state index in [1.165, 1.54) is 28.6 Å². The molecule has 0 fully saturated rings. The topological polar surface area (TPSA) is 75.1 Å². The number of hydrogen-bond donors (Lipinski definition) is 2. The minimum Gasteiger partial charge on any atom is -0.506 e. The van der Waals surface area contributed by atoms with Crippen LogP contribution in [0.2, 0.25) is 0 Å². The fraction of sp³-hybridized carbons (Fsp3) is 0.435. The van der Waals surface area contributed by atoms with Gasteiger partial charge >= 0.3 is 0 Å². The van der Waals surface area contributed by atoms with Gasteiger partial charge in [0, 0.05) is 10.3 Å². The number of hydrogen-bond acceptors (Lipinski definition) is 6. The van der Waals surface area contributed by atoms with Crippen molar-refractivity contribution in [2.45, 2.75) is 52.0 Å². The minimum absolute atomic E-state index is 0.0729. The van der Waals surface area contributed by atoms with E-state index in [0.29, 0.717) is 17.0 Å². The molecule has 1 aliphatic rings. The van der Waals surface area contributed by atoms with Gasteiger partial charge in [0.2, 0.25) is 5.91 Å². The summed E-state index contributed by atoms with van der Waals surface area (Å²) in [4.78, 5) is 23.9. The molecular weight excluding hydrogens is 414 g/mol. The Hall–Kier alpha value is -2.12. The third kappa shape index (κ3) is 4.32. The van der Waals surface area contributed by atoms with Crippen LogP contribution in [0.25, 0.3) is 10.2 Å². The molecule has 7 heteroatoms. The monoisotopic (exact) mass is 441 g/mol. The first-order valence-corrected chi connectivity index (χ1v) is 12.0. The summed E-state index contributed by atoms with van der Waals surface area (Å²) >= 11 is 3.21. The number of phenols is 1. The summed E-state index contributed by atoms with van der Waals surface area (Å²) in [6.07, 6.45) is 4.91. The number of nitrogens with one attached hydrogen (secondary N) is 1. The van der Waals surface area contributed by atoms with Gasteiger partial charge in [0.05, 0.1) is 11.4 Å². The second-order valence-corrected chi connectivity index (χ2v) is 11.1. The number of rotatable bonds is 4. The number of aromatic hydroxyl groups is 1. The smallest absolute Gasteiger partial charge is 0.234 e. The van der Waals surface area contributed by atoms with Crippen LogP contribution in [0.5, 0.6) is 5.75 Å². The molecular formula is C23H27N3O2S2. The Bertz CT molecular complexity index is 1100. The molecule has 0 aliphatic heterocycles. The maximum absolute atomic E-state index is 12.5. The number of carbonyl (C=O) groups is 1. The number of thiophene rings is 1. The normalized spacial score (nSPS) is 16.5. The lowest BCUT2D eigenvalue weighted by atomic mass is 9.72. The van der Waals surface area contributed by atoms with Gasteiger partial charge < -0.3 is 10.4 Å². The van der Waals surface area contributed by atoms with E-state index in [2.05, 4.69) is 36.1 Å². The minimum atomic E-state index is -0.162. The van der Waals surface area contributed by atoms with Crippen molar-refractivity contribution in [3.63, 3.8) is 0 Å². The molecule has 0 saturated carbocycles. The summed E-state index contributed by atoms with van der Waals surface area (Å²) in [5, 5.41) is 14.7. The van der Waals surface area contributed by atoms with Gasteiger partial charge in [-0.2, -0.15) is 0 Å². The van der Waals surface area contributed by atoms with Crippen LogP contribution in [0, 0.1) is 18.3 Å². The van der Waals surface area contributed by atoms with Crippen molar-refractivity contribution in [2.24, 2.45) is 11.3 Å². The average molecular weight is 442 g/mol. The molecule has 0 saturated heterocycles. The van der Waals surface area contributed by atoms with Crippen molar-refractivity contribution in [3.05, 3.63) is 40.5 Å². The quantitative estimate of drug-likeness (QED) is 0.314. The summed E-state index contributed by atoms with van der Waals surface area (Å²) in [7, 11) is 0. The van der Waals surface area contributed by atoms with Crippen molar-refractivity contribution < 1.29 is 9.90 Å². The number of nitrogens with zero attached hydrogens (tertiary/aromatic N) is 2. The molecule has 1 aromatic carbocycles. The molecule has 0 radical (unpaired) electrons. The van der Waals surface area contributed by atoms with Crippen molar-refractivity contribution in [2.75, 3.05) is 11.1 Å². The average Bonchev–Trinajstić information content (AvgIpc) is 3.07. The lowest BCUT2D eigenvalue weighted by molar-refractivity contribution is -0.113. The molecule has 2 N–H and O–H groups in total. The third-order valence-electron chi connectivity index (χ3n) is 5.80. The molecule has 2 aromatic heterocycles. The number of benzene rings is 1. The molecule has 4 rings (SSSR count). The summed E-state index contributed by atoms with van der Waals surface area (Å²) in [5.74, 6) is 0.817. The maximum atomic E-state index is 12.5. The molecule has 3 aromatic rings. The number of thioether (sulfide) groups is 1. The second-order valence-electron chi connectivity index (χ2n) is 9.03. The largest absolute Gasteiger partial charge is 0.506 e. The zero-order valence-corrected chi connectivity index (χ0v) is 19.4.